The molecule has 2 aromatic rings. The minimum absolute atomic E-state index is 0.00261. The van der Waals surface area contributed by atoms with Crippen molar-refractivity contribution in [2.45, 2.75) is 19.8 Å². The summed E-state index contributed by atoms with van der Waals surface area (Å²) in [6, 6.07) is 11.4. The van der Waals surface area contributed by atoms with Crippen molar-refractivity contribution >= 4 is 29.1 Å². The van der Waals surface area contributed by atoms with Crippen LogP contribution in [0, 0.1) is 5.82 Å². The van der Waals surface area contributed by atoms with Crippen molar-refractivity contribution < 1.29 is 14.0 Å². The van der Waals surface area contributed by atoms with Gasteiger partial charge in [-0.15, -0.1) is 0 Å². The average Bonchev–Trinajstić information content (AvgIpc) is 2.53. The molecule has 2 amide bonds. The van der Waals surface area contributed by atoms with Crippen LogP contribution in [0.25, 0.3) is 0 Å². The van der Waals surface area contributed by atoms with E-state index < -0.39 is 17.6 Å². The van der Waals surface area contributed by atoms with Gasteiger partial charge in [-0.25, -0.2) is 4.39 Å². The molecule has 0 saturated heterocycles. The minimum Gasteiger partial charge on any atom is -0.343 e. The molecule has 6 heteroatoms. The summed E-state index contributed by atoms with van der Waals surface area (Å²) in [5, 5.41) is 5.02. The molecule has 4 nitrogen and oxygen atoms in total. The third-order valence-electron chi connectivity index (χ3n) is 3.46. The van der Waals surface area contributed by atoms with Crippen LogP contribution in [0.15, 0.2) is 42.5 Å². The molecule has 2 N–H and O–H groups in total. The molecule has 0 heterocycles. The van der Waals surface area contributed by atoms with Crippen molar-refractivity contribution in [1.29, 1.82) is 0 Å². The van der Waals surface area contributed by atoms with Crippen LogP contribution >= 0.6 is 11.6 Å². The highest BCUT2D eigenvalue weighted by Gasteiger charge is 2.16. The van der Waals surface area contributed by atoms with Crippen LogP contribution < -0.4 is 10.6 Å². The number of amides is 2. The molecule has 0 unspecified atom stereocenters. The highest BCUT2D eigenvalue weighted by Crippen LogP contribution is 2.19. The van der Waals surface area contributed by atoms with E-state index in [-0.39, 0.29) is 17.1 Å². The molecule has 0 fully saturated rings. The number of benzene rings is 2. The molecule has 0 aliphatic heterocycles. The fourth-order valence-corrected chi connectivity index (χ4v) is 2.37. The van der Waals surface area contributed by atoms with Gasteiger partial charge in [-0.3, -0.25) is 9.59 Å². The molecule has 0 saturated carbocycles. The number of anilines is 1. The first-order valence-electron chi connectivity index (χ1n) is 7.50. The summed E-state index contributed by atoms with van der Waals surface area (Å²) in [5.41, 5.74) is 1.52. The Balaban J connectivity index is 1.92. The molecule has 2 rings (SSSR count). The second-order valence-electron chi connectivity index (χ2n) is 5.60. The summed E-state index contributed by atoms with van der Waals surface area (Å²) in [4.78, 5) is 23.8. The Bertz CT molecular complexity index is 725. The molecule has 0 aromatic heterocycles. The van der Waals surface area contributed by atoms with Gasteiger partial charge in [0.1, 0.15) is 5.82 Å². The highest BCUT2D eigenvalue weighted by atomic mass is 35.5. The summed E-state index contributed by atoms with van der Waals surface area (Å²) in [7, 11) is 0. The average molecular weight is 349 g/mol. The second kappa shape index (κ2) is 7.93. The zero-order chi connectivity index (χ0) is 17.7. The standard InChI is InChI=1S/C18H18ClFN2O2/c1-11(2)12-6-8-13(9-7-12)22-16(23)10-21-18(24)17-14(19)4-3-5-15(17)20/h3-9,11H,10H2,1-2H3,(H,21,24)(H,22,23). The van der Waals surface area contributed by atoms with Gasteiger partial charge >= 0.3 is 0 Å². The van der Waals surface area contributed by atoms with E-state index in [4.69, 9.17) is 11.6 Å². The summed E-state index contributed by atoms with van der Waals surface area (Å²) >= 11 is 5.81. The van der Waals surface area contributed by atoms with E-state index in [1.165, 1.54) is 12.1 Å². The van der Waals surface area contributed by atoms with Gasteiger partial charge < -0.3 is 10.6 Å². The lowest BCUT2D eigenvalue weighted by atomic mass is 10.0. The monoisotopic (exact) mass is 348 g/mol. The van der Waals surface area contributed by atoms with E-state index in [0.717, 1.165) is 11.6 Å². The van der Waals surface area contributed by atoms with E-state index in [1.807, 2.05) is 12.1 Å². The van der Waals surface area contributed by atoms with Gasteiger partial charge in [0.15, 0.2) is 0 Å². The van der Waals surface area contributed by atoms with Crippen LogP contribution in [0.1, 0.15) is 35.7 Å². The van der Waals surface area contributed by atoms with Crippen LogP contribution in [0.2, 0.25) is 5.02 Å². The summed E-state index contributed by atoms with van der Waals surface area (Å²) in [6.45, 7) is 3.88. The Morgan fingerprint density at radius 1 is 1.12 bits per heavy atom. The normalized spacial score (nSPS) is 10.5. The zero-order valence-corrected chi connectivity index (χ0v) is 14.2. The molecular formula is C18H18ClFN2O2. The Labute approximate surface area is 145 Å². The molecule has 0 atom stereocenters. The molecule has 126 valence electrons. The predicted molar refractivity (Wildman–Crippen MR) is 92.9 cm³/mol. The lowest BCUT2D eigenvalue weighted by Crippen LogP contribution is -2.33. The van der Waals surface area contributed by atoms with Gasteiger partial charge in [-0.2, -0.15) is 0 Å². The lowest BCUT2D eigenvalue weighted by molar-refractivity contribution is -0.115. The quantitative estimate of drug-likeness (QED) is 0.859. The third-order valence-corrected chi connectivity index (χ3v) is 3.78. The largest absolute Gasteiger partial charge is 0.343 e. The van der Waals surface area contributed by atoms with E-state index in [9.17, 15) is 14.0 Å². The van der Waals surface area contributed by atoms with Crippen molar-refractivity contribution in [2.24, 2.45) is 0 Å². The molecule has 24 heavy (non-hydrogen) atoms. The van der Waals surface area contributed by atoms with Gasteiger partial charge in [0, 0.05) is 5.69 Å². The molecule has 0 bridgehead atoms. The molecule has 2 aromatic carbocycles. The maximum absolute atomic E-state index is 13.6. The minimum atomic E-state index is -0.733. The number of hydrogen-bond donors (Lipinski definition) is 2. The first-order chi connectivity index (χ1) is 11.4. The SMILES string of the molecule is CC(C)c1ccc(NC(=O)CNC(=O)c2c(F)cccc2Cl)cc1. The zero-order valence-electron chi connectivity index (χ0n) is 13.4. The highest BCUT2D eigenvalue weighted by molar-refractivity contribution is 6.33. The number of nitrogens with one attached hydrogen (secondary N) is 2. The van der Waals surface area contributed by atoms with Crippen LogP contribution in [0.3, 0.4) is 0 Å². The van der Waals surface area contributed by atoms with Gasteiger partial charge in [0.25, 0.3) is 5.91 Å². The van der Waals surface area contributed by atoms with Crippen LogP contribution in [-0.4, -0.2) is 18.4 Å². The number of hydrogen-bond acceptors (Lipinski definition) is 2. The van der Waals surface area contributed by atoms with Crippen molar-refractivity contribution in [3.8, 4) is 0 Å². The Morgan fingerprint density at radius 2 is 1.79 bits per heavy atom. The summed E-state index contributed by atoms with van der Waals surface area (Å²) < 4.78 is 13.6. The molecule has 0 radical (unpaired) electrons. The number of carbonyl (C=O) groups excluding carboxylic acids is 2. The van der Waals surface area contributed by atoms with E-state index in [0.29, 0.717) is 11.6 Å². The van der Waals surface area contributed by atoms with Crippen molar-refractivity contribution in [3.05, 3.63) is 64.4 Å². The third kappa shape index (κ3) is 4.55. The van der Waals surface area contributed by atoms with E-state index in [1.54, 1.807) is 12.1 Å². The number of carbonyl (C=O) groups is 2. The molecule has 0 aliphatic rings. The molecular weight excluding hydrogens is 331 g/mol. The fraction of sp³-hybridized carbons (Fsp3) is 0.222. The lowest BCUT2D eigenvalue weighted by Gasteiger charge is -2.10. The summed E-state index contributed by atoms with van der Waals surface area (Å²) in [5.74, 6) is -1.47. The van der Waals surface area contributed by atoms with E-state index >= 15 is 0 Å². The molecule has 0 spiro atoms. The van der Waals surface area contributed by atoms with Gasteiger partial charge in [0.2, 0.25) is 5.91 Å². The van der Waals surface area contributed by atoms with Crippen molar-refractivity contribution in [1.82, 2.24) is 5.32 Å². The maximum atomic E-state index is 13.6. The topological polar surface area (TPSA) is 58.2 Å². The van der Waals surface area contributed by atoms with Crippen LogP contribution in [-0.2, 0) is 4.79 Å². The van der Waals surface area contributed by atoms with Gasteiger partial charge in [0.05, 0.1) is 17.1 Å². The Morgan fingerprint density at radius 3 is 2.38 bits per heavy atom. The van der Waals surface area contributed by atoms with Crippen LogP contribution in [0.5, 0.6) is 0 Å². The summed E-state index contributed by atoms with van der Waals surface area (Å²) in [6.07, 6.45) is 0. The smallest absolute Gasteiger partial charge is 0.256 e. The number of halogens is 2. The Kier molecular flexibility index (Phi) is 5.93. The fourth-order valence-electron chi connectivity index (χ4n) is 2.12. The Hall–Kier alpha value is -2.40. The predicted octanol–water partition coefficient (Wildman–Crippen LogP) is 3.97. The number of rotatable bonds is 5. The van der Waals surface area contributed by atoms with E-state index in [2.05, 4.69) is 24.5 Å². The maximum Gasteiger partial charge on any atom is 0.256 e. The van der Waals surface area contributed by atoms with Crippen molar-refractivity contribution in [2.75, 3.05) is 11.9 Å². The van der Waals surface area contributed by atoms with Gasteiger partial charge in [-0.1, -0.05) is 43.6 Å². The molecule has 0 aliphatic carbocycles. The first kappa shape index (κ1) is 17.9. The second-order valence-corrected chi connectivity index (χ2v) is 6.01. The van der Waals surface area contributed by atoms with Crippen molar-refractivity contribution in [3.63, 3.8) is 0 Å². The van der Waals surface area contributed by atoms with Crippen LogP contribution in [0.4, 0.5) is 10.1 Å². The first-order valence-corrected chi connectivity index (χ1v) is 7.88. The van der Waals surface area contributed by atoms with Gasteiger partial charge in [-0.05, 0) is 35.7 Å².